The van der Waals surface area contributed by atoms with Crippen molar-refractivity contribution in [3.63, 3.8) is 0 Å². The first-order chi connectivity index (χ1) is 15.7. The van der Waals surface area contributed by atoms with Gasteiger partial charge in [0.05, 0.1) is 17.9 Å². The summed E-state index contributed by atoms with van der Waals surface area (Å²) in [4.78, 5) is 29.3. The summed E-state index contributed by atoms with van der Waals surface area (Å²) in [6.07, 6.45) is 3.31. The summed E-state index contributed by atoms with van der Waals surface area (Å²) in [5.74, 6) is 0.0783. The number of aromatic nitrogens is 2. The van der Waals surface area contributed by atoms with Crippen LogP contribution in [0.5, 0.6) is 0 Å². The fourth-order valence-corrected chi connectivity index (χ4v) is 4.67. The number of amides is 3. The summed E-state index contributed by atoms with van der Waals surface area (Å²) < 4.78 is 1.88. The minimum atomic E-state index is -0.0621. The third-order valence-corrected chi connectivity index (χ3v) is 6.37. The van der Waals surface area contributed by atoms with Gasteiger partial charge in [-0.2, -0.15) is 5.10 Å². The smallest absolute Gasteiger partial charge is 0.317 e. The monoisotopic (exact) mass is 429 g/mol. The van der Waals surface area contributed by atoms with Gasteiger partial charge in [0, 0.05) is 38.3 Å². The predicted molar refractivity (Wildman–Crippen MR) is 121 cm³/mol. The molecule has 1 fully saturated rings. The summed E-state index contributed by atoms with van der Waals surface area (Å²) in [5.41, 5.74) is 4.44. The molecule has 1 aliphatic carbocycles. The first-order valence-corrected chi connectivity index (χ1v) is 11.2. The molecule has 0 radical (unpaired) electrons. The molecule has 0 atom stereocenters. The van der Waals surface area contributed by atoms with Gasteiger partial charge in [0.2, 0.25) is 5.91 Å². The second-order valence-electron chi connectivity index (χ2n) is 8.42. The summed E-state index contributed by atoms with van der Waals surface area (Å²) >= 11 is 0. The van der Waals surface area contributed by atoms with Crippen LogP contribution in [0.1, 0.15) is 16.8 Å². The Morgan fingerprint density at radius 3 is 2.44 bits per heavy atom. The highest BCUT2D eigenvalue weighted by Crippen LogP contribution is 2.28. The molecule has 1 saturated heterocycles. The number of rotatable bonds is 7. The lowest BCUT2D eigenvalue weighted by atomic mass is 10.0. The van der Waals surface area contributed by atoms with Crippen molar-refractivity contribution < 1.29 is 9.59 Å². The van der Waals surface area contributed by atoms with Crippen molar-refractivity contribution in [2.24, 2.45) is 5.92 Å². The van der Waals surface area contributed by atoms with Gasteiger partial charge < -0.3 is 15.1 Å². The molecule has 0 saturated carbocycles. The molecular weight excluding hydrogens is 402 g/mol. The number of hydrogen-bond acceptors (Lipinski definition) is 3. The molecule has 5 rings (SSSR count). The van der Waals surface area contributed by atoms with Crippen molar-refractivity contribution in [3.05, 3.63) is 83.7 Å². The average molecular weight is 430 g/mol. The van der Waals surface area contributed by atoms with Gasteiger partial charge in [0.15, 0.2) is 0 Å². The molecule has 7 nitrogen and oxygen atoms in total. The van der Waals surface area contributed by atoms with Crippen LogP contribution in [0.2, 0.25) is 0 Å². The third-order valence-electron chi connectivity index (χ3n) is 6.37. The maximum atomic E-state index is 13.7. The number of urea groups is 1. The van der Waals surface area contributed by atoms with Crippen molar-refractivity contribution >= 4 is 11.9 Å². The van der Waals surface area contributed by atoms with Crippen molar-refractivity contribution in [1.82, 2.24) is 24.9 Å². The number of carbonyl (C=O) groups is 2. The summed E-state index contributed by atoms with van der Waals surface area (Å²) in [7, 11) is 0. The first-order valence-electron chi connectivity index (χ1n) is 11.2. The van der Waals surface area contributed by atoms with E-state index in [9.17, 15) is 9.59 Å². The van der Waals surface area contributed by atoms with Gasteiger partial charge in [0.25, 0.3) is 0 Å². The highest BCUT2D eigenvalue weighted by atomic mass is 16.2. The van der Waals surface area contributed by atoms with Crippen molar-refractivity contribution in [3.8, 4) is 5.69 Å². The maximum absolute atomic E-state index is 13.7. The Labute approximate surface area is 187 Å². The van der Waals surface area contributed by atoms with E-state index in [1.807, 2.05) is 58.1 Å². The van der Waals surface area contributed by atoms with Crippen LogP contribution in [-0.2, 0) is 24.2 Å². The summed E-state index contributed by atoms with van der Waals surface area (Å²) in [6, 6.07) is 20.1. The van der Waals surface area contributed by atoms with E-state index in [1.165, 1.54) is 11.1 Å². The van der Waals surface area contributed by atoms with Crippen molar-refractivity contribution in [2.75, 3.05) is 26.2 Å². The normalized spacial score (nSPS) is 15.6. The zero-order chi connectivity index (χ0) is 21.9. The maximum Gasteiger partial charge on any atom is 0.317 e. The largest absolute Gasteiger partial charge is 0.336 e. The van der Waals surface area contributed by atoms with Crippen LogP contribution < -0.4 is 5.32 Å². The molecule has 2 aromatic carbocycles. The SMILES string of the molecule is O=C1NCCN1CCN(Cc1ccnn1-c1ccccc1)C(=O)C1Cc2ccccc2C1. The Morgan fingerprint density at radius 1 is 1.03 bits per heavy atom. The fourth-order valence-electron chi connectivity index (χ4n) is 4.67. The number of fused-ring (bicyclic) bond motifs is 1. The number of hydrogen-bond donors (Lipinski definition) is 1. The Kier molecular flexibility index (Phi) is 5.62. The highest BCUT2D eigenvalue weighted by molar-refractivity contribution is 5.81. The Balaban J connectivity index is 1.36. The second kappa shape index (κ2) is 8.86. The van der Waals surface area contributed by atoms with Crippen molar-refractivity contribution in [1.29, 1.82) is 0 Å². The number of nitrogens with one attached hydrogen (secondary N) is 1. The van der Waals surface area contributed by atoms with Crippen LogP contribution >= 0.6 is 0 Å². The molecule has 164 valence electrons. The van der Waals surface area contributed by atoms with Gasteiger partial charge in [-0.15, -0.1) is 0 Å². The second-order valence-corrected chi connectivity index (χ2v) is 8.42. The lowest BCUT2D eigenvalue weighted by molar-refractivity contribution is -0.136. The van der Waals surface area contributed by atoms with Crippen LogP contribution in [0.15, 0.2) is 66.9 Å². The van der Waals surface area contributed by atoms with Crippen LogP contribution in [0.3, 0.4) is 0 Å². The van der Waals surface area contributed by atoms with E-state index in [4.69, 9.17) is 0 Å². The zero-order valence-corrected chi connectivity index (χ0v) is 18.0. The number of para-hydroxylation sites is 1. The van der Waals surface area contributed by atoms with Crippen molar-refractivity contribution in [2.45, 2.75) is 19.4 Å². The summed E-state index contributed by atoms with van der Waals surface area (Å²) in [6.45, 7) is 2.81. The summed E-state index contributed by atoms with van der Waals surface area (Å²) in [5, 5.41) is 7.32. The van der Waals surface area contributed by atoms with Gasteiger partial charge in [0.1, 0.15) is 0 Å². The van der Waals surface area contributed by atoms with E-state index in [-0.39, 0.29) is 17.9 Å². The molecular formula is C25H27N5O2. The molecule has 1 aliphatic heterocycles. The van der Waals surface area contributed by atoms with Crippen LogP contribution in [0.25, 0.3) is 5.69 Å². The van der Waals surface area contributed by atoms with Gasteiger partial charge >= 0.3 is 6.03 Å². The molecule has 0 spiro atoms. The standard InChI is InChI=1S/C25H27N5O2/c31-24(21-16-19-6-4-5-7-20(19)17-21)29(15-14-28-13-12-26-25(28)32)18-23-10-11-27-30(23)22-8-2-1-3-9-22/h1-11,21H,12-18H2,(H,26,32). The number of nitrogens with zero attached hydrogens (tertiary/aromatic N) is 4. The predicted octanol–water partition coefficient (Wildman–Crippen LogP) is 2.64. The van der Waals surface area contributed by atoms with Gasteiger partial charge in [-0.3, -0.25) is 4.79 Å². The Bertz CT molecular complexity index is 1090. The lowest BCUT2D eigenvalue weighted by Gasteiger charge is -2.28. The van der Waals surface area contributed by atoms with E-state index in [1.54, 1.807) is 11.1 Å². The number of carbonyl (C=O) groups excluding carboxylic acids is 2. The zero-order valence-electron chi connectivity index (χ0n) is 18.0. The fraction of sp³-hybridized carbons (Fsp3) is 0.320. The van der Waals surface area contributed by atoms with E-state index >= 15 is 0 Å². The van der Waals surface area contributed by atoms with Gasteiger partial charge in [-0.05, 0) is 42.2 Å². The highest BCUT2D eigenvalue weighted by Gasteiger charge is 2.31. The first kappa shape index (κ1) is 20.3. The topological polar surface area (TPSA) is 70.5 Å². The number of benzene rings is 2. The molecule has 2 aliphatic rings. The van der Waals surface area contributed by atoms with Crippen LogP contribution in [-0.4, -0.2) is 57.7 Å². The Morgan fingerprint density at radius 2 is 1.75 bits per heavy atom. The molecule has 32 heavy (non-hydrogen) atoms. The molecule has 7 heteroatoms. The average Bonchev–Trinajstić information content (AvgIpc) is 3.56. The van der Waals surface area contributed by atoms with E-state index < -0.39 is 0 Å². The molecule has 0 unspecified atom stereocenters. The Hall–Kier alpha value is -3.61. The molecule has 1 aromatic heterocycles. The van der Waals surface area contributed by atoms with Crippen LogP contribution in [0.4, 0.5) is 4.79 Å². The van der Waals surface area contributed by atoms with E-state index in [0.29, 0.717) is 32.7 Å². The third kappa shape index (κ3) is 4.10. The van der Waals surface area contributed by atoms with Crippen LogP contribution in [0, 0.1) is 5.92 Å². The molecule has 2 heterocycles. The van der Waals surface area contributed by atoms with E-state index in [2.05, 4.69) is 22.5 Å². The van der Waals surface area contributed by atoms with E-state index in [0.717, 1.165) is 24.2 Å². The van der Waals surface area contributed by atoms with Gasteiger partial charge in [-0.25, -0.2) is 9.48 Å². The minimum absolute atomic E-state index is 0.0556. The quantitative estimate of drug-likeness (QED) is 0.628. The molecule has 3 aromatic rings. The molecule has 1 N–H and O–H groups in total. The molecule has 0 bridgehead atoms. The molecule has 3 amide bonds. The van der Waals surface area contributed by atoms with Gasteiger partial charge in [-0.1, -0.05) is 42.5 Å². The lowest BCUT2D eigenvalue weighted by Crippen LogP contribution is -2.42. The minimum Gasteiger partial charge on any atom is -0.336 e.